The molecule has 3 N–H and O–H groups in total. The summed E-state index contributed by atoms with van der Waals surface area (Å²) in [7, 11) is -1.32. The Morgan fingerprint density at radius 3 is 2.62 bits per heavy atom. The Bertz CT molecular complexity index is 557. The van der Waals surface area contributed by atoms with Gasteiger partial charge in [-0.3, -0.25) is 0 Å². The lowest BCUT2D eigenvalue weighted by Gasteiger charge is -2.38. The molecule has 1 aliphatic heterocycles. The molecule has 4 atom stereocenters. The van der Waals surface area contributed by atoms with Gasteiger partial charge in [-0.2, -0.15) is 0 Å². The number of hydrogen-bond acceptors (Lipinski definition) is 5. The van der Waals surface area contributed by atoms with Crippen LogP contribution in [0.2, 0.25) is 0 Å². The number of benzene rings is 1. The van der Waals surface area contributed by atoms with E-state index in [1.54, 1.807) is 24.3 Å². The van der Waals surface area contributed by atoms with E-state index in [-0.39, 0.29) is 11.6 Å². The maximum atomic E-state index is 11.5. The maximum Gasteiger partial charge on any atom is 0.335 e. The van der Waals surface area contributed by atoms with Crippen molar-refractivity contribution in [2.45, 2.75) is 50.1 Å². The molecular weight excluding hydrogens is 329 g/mol. The molecule has 0 radical (unpaired) electrons. The van der Waals surface area contributed by atoms with E-state index in [4.69, 9.17) is 9.84 Å². The predicted molar refractivity (Wildman–Crippen MR) is 93.5 cm³/mol. The molecule has 0 aliphatic carbocycles. The number of carboxylic acids is 1. The Kier molecular flexibility index (Phi) is 6.99. The van der Waals surface area contributed by atoms with Crippen molar-refractivity contribution >= 4 is 14.4 Å². The van der Waals surface area contributed by atoms with Gasteiger partial charge in [0.25, 0.3) is 0 Å². The van der Waals surface area contributed by atoms with E-state index in [1.807, 2.05) is 6.92 Å². The molecule has 0 amide bonds. The summed E-state index contributed by atoms with van der Waals surface area (Å²) in [5.74, 6) is -0.935. The van der Waals surface area contributed by atoms with E-state index < -0.39 is 25.9 Å². The molecule has 7 heteroatoms. The van der Waals surface area contributed by atoms with E-state index in [2.05, 4.69) is 5.32 Å². The molecule has 0 bridgehead atoms. The summed E-state index contributed by atoms with van der Waals surface area (Å²) >= 11 is 0. The predicted octanol–water partition coefficient (Wildman–Crippen LogP) is 1.92. The minimum atomic E-state index is -1.32. The Morgan fingerprint density at radius 2 is 2.12 bits per heavy atom. The second kappa shape index (κ2) is 8.77. The molecule has 0 saturated carbocycles. The maximum absolute atomic E-state index is 11.5. The molecule has 1 saturated heterocycles. The number of nitrogens with one attached hydrogen (secondary N) is 1. The van der Waals surface area contributed by atoms with Crippen molar-refractivity contribution in [3.05, 3.63) is 35.4 Å². The Morgan fingerprint density at radius 1 is 1.42 bits per heavy atom. The lowest BCUT2D eigenvalue weighted by molar-refractivity contribution is -0.0884. The van der Waals surface area contributed by atoms with Gasteiger partial charge >= 0.3 is 5.97 Å². The van der Waals surface area contributed by atoms with Gasteiger partial charge in [-0.05, 0) is 30.5 Å². The first-order valence-electron chi connectivity index (χ1n) is 8.34. The Labute approximate surface area is 143 Å². The van der Waals surface area contributed by atoms with Crippen molar-refractivity contribution in [1.29, 1.82) is 0 Å². The third-order valence-corrected chi connectivity index (χ3v) is 5.53. The normalized spacial score (nSPS) is 24.1. The molecule has 1 aliphatic rings. The van der Waals surface area contributed by atoms with Crippen LogP contribution in [0.4, 0.5) is 0 Å². The molecule has 1 heterocycles. The summed E-state index contributed by atoms with van der Waals surface area (Å²) in [4.78, 5) is 10.9. The highest BCUT2D eigenvalue weighted by atomic mass is 31.1. The molecule has 0 aromatic heterocycles. The fraction of sp³-hybridized carbons (Fsp3) is 0.588. The smallest absolute Gasteiger partial charge is 0.335 e. The molecule has 0 spiro atoms. The fourth-order valence-corrected chi connectivity index (χ4v) is 3.59. The summed E-state index contributed by atoms with van der Waals surface area (Å²) in [6.07, 6.45) is 2.53. The molecule has 134 valence electrons. The van der Waals surface area contributed by atoms with Gasteiger partial charge in [0.2, 0.25) is 0 Å². The average Bonchev–Trinajstić information content (AvgIpc) is 2.60. The van der Waals surface area contributed by atoms with E-state index in [0.717, 1.165) is 18.4 Å². The number of unbranched alkanes of at least 4 members (excludes halogenated alkanes) is 1. The van der Waals surface area contributed by atoms with Crippen molar-refractivity contribution in [3.63, 3.8) is 0 Å². The van der Waals surface area contributed by atoms with E-state index >= 15 is 0 Å². The zero-order chi connectivity index (χ0) is 17.6. The minimum absolute atomic E-state index is 0.0917. The number of morpholine rings is 1. The minimum Gasteiger partial charge on any atom is -0.478 e. The van der Waals surface area contributed by atoms with Crippen molar-refractivity contribution in [1.82, 2.24) is 5.32 Å². The number of aromatic carboxylic acids is 1. The van der Waals surface area contributed by atoms with Gasteiger partial charge in [-0.15, -0.1) is 0 Å². The molecule has 1 aromatic rings. The first-order chi connectivity index (χ1) is 11.5. The summed E-state index contributed by atoms with van der Waals surface area (Å²) in [6, 6.07) is 6.88. The number of ether oxygens (including phenoxy) is 1. The lowest BCUT2D eigenvalue weighted by atomic mass is 10.0. The highest BCUT2D eigenvalue weighted by Gasteiger charge is 2.38. The standard InChI is InChI=1S/C17H26NO5P/c1-2-3-8-17(21,24-22)15-10-18-14(11-23-15)9-12-4-6-13(7-5-12)16(19)20/h4-7,14-15,18,21H,2-3,8-11,24H2,1H3,(H,19,20)/t14-,15+,17?/m1/s1. The van der Waals surface area contributed by atoms with Gasteiger partial charge in [-0.1, -0.05) is 31.9 Å². The van der Waals surface area contributed by atoms with Crippen LogP contribution in [0.25, 0.3) is 0 Å². The average molecular weight is 355 g/mol. The summed E-state index contributed by atoms with van der Waals surface area (Å²) < 4.78 is 17.3. The molecule has 6 nitrogen and oxygen atoms in total. The highest BCUT2D eigenvalue weighted by molar-refractivity contribution is 7.25. The van der Waals surface area contributed by atoms with Gasteiger partial charge in [0, 0.05) is 12.6 Å². The Hall–Kier alpha value is -1.20. The van der Waals surface area contributed by atoms with Crippen LogP contribution in [0.3, 0.4) is 0 Å². The van der Waals surface area contributed by atoms with Crippen molar-refractivity contribution < 1.29 is 24.3 Å². The zero-order valence-corrected chi connectivity index (χ0v) is 15.1. The third kappa shape index (κ3) is 4.90. The SMILES string of the molecule is CCCCC(O)([PH2]=O)[C@@H]1CN[C@H](Cc2ccc(C(=O)O)cc2)CO1. The number of hydrogen-bond donors (Lipinski definition) is 3. The van der Waals surface area contributed by atoms with Crippen LogP contribution in [0.1, 0.15) is 42.1 Å². The lowest BCUT2D eigenvalue weighted by Crippen LogP contribution is -2.54. The van der Waals surface area contributed by atoms with Crippen molar-refractivity contribution in [2.75, 3.05) is 13.2 Å². The van der Waals surface area contributed by atoms with Gasteiger partial charge < -0.3 is 24.8 Å². The monoisotopic (exact) mass is 355 g/mol. The van der Waals surface area contributed by atoms with Crippen LogP contribution in [0.5, 0.6) is 0 Å². The summed E-state index contributed by atoms with van der Waals surface area (Å²) in [5, 5.41) is 21.6. The van der Waals surface area contributed by atoms with Gasteiger partial charge in [-0.25, -0.2) is 4.79 Å². The summed E-state index contributed by atoms with van der Waals surface area (Å²) in [6.45, 7) is 2.93. The van der Waals surface area contributed by atoms with Crippen LogP contribution in [-0.2, 0) is 15.7 Å². The molecule has 1 aromatic carbocycles. The number of aliphatic hydroxyl groups is 1. The molecule has 2 rings (SSSR count). The van der Waals surface area contributed by atoms with Crippen LogP contribution >= 0.6 is 8.46 Å². The molecule has 24 heavy (non-hydrogen) atoms. The highest BCUT2D eigenvalue weighted by Crippen LogP contribution is 2.33. The third-order valence-electron chi connectivity index (χ3n) is 4.47. The van der Waals surface area contributed by atoms with E-state index in [9.17, 15) is 14.5 Å². The van der Waals surface area contributed by atoms with Crippen molar-refractivity contribution in [2.24, 2.45) is 0 Å². The Balaban J connectivity index is 1.88. The molecule has 1 fully saturated rings. The van der Waals surface area contributed by atoms with E-state index in [0.29, 0.717) is 26.0 Å². The van der Waals surface area contributed by atoms with Crippen LogP contribution in [0, 0.1) is 0 Å². The van der Waals surface area contributed by atoms with Crippen molar-refractivity contribution in [3.8, 4) is 0 Å². The first-order valence-corrected chi connectivity index (χ1v) is 9.39. The molecule has 2 unspecified atom stereocenters. The first kappa shape index (κ1) is 19.1. The topological polar surface area (TPSA) is 95.9 Å². The zero-order valence-electron chi connectivity index (χ0n) is 13.9. The van der Waals surface area contributed by atoms with Crippen LogP contribution in [-0.4, -0.2) is 46.8 Å². The molecular formula is C17H26NO5P. The van der Waals surface area contributed by atoms with E-state index in [1.165, 1.54) is 0 Å². The quantitative estimate of drug-likeness (QED) is 0.617. The number of rotatable bonds is 8. The second-order valence-corrected chi connectivity index (χ2v) is 7.58. The summed E-state index contributed by atoms with van der Waals surface area (Å²) in [5.41, 5.74) is 1.29. The van der Waals surface area contributed by atoms with Crippen LogP contribution in [0.15, 0.2) is 24.3 Å². The van der Waals surface area contributed by atoms with Gasteiger partial charge in [0.1, 0.15) is 11.4 Å². The fourth-order valence-electron chi connectivity index (χ4n) is 2.90. The number of carboxylic acid groups (broad SMARTS) is 1. The van der Waals surface area contributed by atoms with Gasteiger partial charge in [0.15, 0.2) is 0 Å². The largest absolute Gasteiger partial charge is 0.478 e. The second-order valence-electron chi connectivity index (χ2n) is 6.35. The van der Waals surface area contributed by atoms with Crippen LogP contribution < -0.4 is 5.32 Å². The van der Waals surface area contributed by atoms with Gasteiger partial charge in [0.05, 0.1) is 20.6 Å². The number of carbonyl (C=O) groups is 1.